The van der Waals surface area contributed by atoms with Crippen molar-refractivity contribution < 1.29 is 4.74 Å². The lowest BCUT2D eigenvalue weighted by molar-refractivity contribution is 0.0109. The van der Waals surface area contributed by atoms with Gasteiger partial charge in [0, 0.05) is 13.7 Å². The SMILES string of the molecule is COC(C)(C)c1nc2c(c(C(C)C)n1)CCNC2. The van der Waals surface area contributed by atoms with E-state index in [1.165, 1.54) is 11.3 Å². The first kappa shape index (κ1) is 13.4. The Hall–Kier alpha value is -1.00. The summed E-state index contributed by atoms with van der Waals surface area (Å²) < 4.78 is 5.50. The van der Waals surface area contributed by atoms with Crippen molar-refractivity contribution in [2.75, 3.05) is 13.7 Å². The lowest BCUT2D eigenvalue weighted by atomic mass is 9.96. The molecule has 0 radical (unpaired) electrons. The average Bonchev–Trinajstić information content (AvgIpc) is 2.37. The van der Waals surface area contributed by atoms with Crippen LogP contribution in [0.3, 0.4) is 0 Å². The van der Waals surface area contributed by atoms with Gasteiger partial charge in [0.15, 0.2) is 5.82 Å². The fourth-order valence-electron chi connectivity index (χ4n) is 2.23. The van der Waals surface area contributed by atoms with E-state index < -0.39 is 5.60 Å². The molecule has 0 saturated carbocycles. The van der Waals surface area contributed by atoms with Crippen molar-refractivity contribution in [3.63, 3.8) is 0 Å². The highest BCUT2D eigenvalue weighted by molar-refractivity contribution is 5.31. The van der Waals surface area contributed by atoms with Gasteiger partial charge < -0.3 is 10.1 Å². The van der Waals surface area contributed by atoms with Crippen LogP contribution in [0.4, 0.5) is 0 Å². The predicted octanol–water partition coefficient (Wildman–Crippen LogP) is 2.13. The van der Waals surface area contributed by atoms with Gasteiger partial charge in [0.25, 0.3) is 0 Å². The number of aromatic nitrogens is 2. The van der Waals surface area contributed by atoms with Crippen LogP contribution in [-0.4, -0.2) is 23.6 Å². The van der Waals surface area contributed by atoms with Crippen LogP contribution in [-0.2, 0) is 23.3 Å². The maximum absolute atomic E-state index is 5.50. The number of nitrogens with zero attached hydrogens (tertiary/aromatic N) is 2. The smallest absolute Gasteiger partial charge is 0.160 e. The van der Waals surface area contributed by atoms with Crippen LogP contribution in [0, 0.1) is 0 Å². The third kappa shape index (κ3) is 2.40. The first-order valence-corrected chi connectivity index (χ1v) is 6.61. The lowest BCUT2D eigenvalue weighted by Gasteiger charge is -2.27. The molecule has 1 N–H and O–H groups in total. The Labute approximate surface area is 109 Å². The van der Waals surface area contributed by atoms with E-state index in [2.05, 4.69) is 19.2 Å². The van der Waals surface area contributed by atoms with E-state index in [9.17, 15) is 0 Å². The molecule has 1 aliphatic rings. The summed E-state index contributed by atoms with van der Waals surface area (Å²) in [5, 5.41) is 3.37. The molecule has 100 valence electrons. The van der Waals surface area contributed by atoms with Gasteiger partial charge in [0.05, 0.1) is 11.4 Å². The first-order chi connectivity index (χ1) is 8.45. The zero-order valence-corrected chi connectivity index (χ0v) is 12.0. The average molecular weight is 249 g/mol. The van der Waals surface area contributed by atoms with E-state index in [0.717, 1.165) is 31.0 Å². The van der Waals surface area contributed by atoms with Crippen LogP contribution in [0.15, 0.2) is 0 Å². The van der Waals surface area contributed by atoms with Crippen molar-refractivity contribution in [1.82, 2.24) is 15.3 Å². The molecule has 0 fully saturated rings. The summed E-state index contributed by atoms with van der Waals surface area (Å²) in [6.07, 6.45) is 1.02. The van der Waals surface area contributed by atoms with Crippen LogP contribution >= 0.6 is 0 Å². The van der Waals surface area contributed by atoms with Gasteiger partial charge in [-0.25, -0.2) is 9.97 Å². The number of nitrogens with one attached hydrogen (secondary N) is 1. The van der Waals surface area contributed by atoms with E-state index in [0.29, 0.717) is 5.92 Å². The zero-order valence-electron chi connectivity index (χ0n) is 12.0. The molecule has 0 aliphatic carbocycles. The molecule has 0 aromatic carbocycles. The first-order valence-electron chi connectivity index (χ1n) is 6.61. The molecular weight excluding hydrogens is 226 g/mol. The monoisotopic (exact) mass is 249 g/mol. The van der Waals surface area contributed by atoms with Gasteiger partial charge in [0.1, 0.15) is 5.60 Å². The molecule has 2 rings (SSSR count). The van der Waals surface area contributed by atoms with Gasteiger partial charge in [-0.1, -0.05) is 13.8 Å². The van der Waals surface area contributed by atoms with Crippen LogP contribution < -0.4 is 5.32 Å². The Morgan fingerprint density at radius 3 is 2.61 bits per heavy atom. The second-order valence-electron chi connectivity index (χ2n) is 5.65. The Morgan fingerprint density at radius 1 is 1.28 bits per heavy atom. The number of fused-ring (bicyclic) bond motifs is 1. The lowest BCUT2D eigenvalue weighted by Crippen LogP contribution is -2.31. The predicted molar refractivity (Wildman–Crippen MR) is 71.6 cm³/mol. The van der Waals surface area contributed by atoms with Crippen LogP contribution in [0.2, 0.25) is 0 Å². The maximum Gasteiger partial charge on any atom is 0.160 e. The van der Waals surface area contributed by atoms with Gasteiger partial charge in [0.2, 0.25) is 0 Å². The topological polar surface area (TPSA) is 47.0 Å². The van der Waals surface area contributed by atoms with Gasteiger partial charge >= 0.3 is 0 Å². The standard InChI is InChI=1S/C14H23N3O/c1-9(2)12-10-6-7-15-8-11(10)16-13(17-12)14(3,4)18-5/h9,15H,6-8H2,1-5H3. The molecule has 0 bridgehead atoms. The van der Waals surface area contributed by atoms with Crippen molar-refractivity contribution in [2.24, 2.45) is 0 Å². The summed E-state index contributed by atoms with van der Waals surface area (Å²) in [6.45, 7) is 10.3. The summed E-state index contributed by atoms with van der Waals surface area (Å²) in [7, 11) is 1.70. The highest BCUT2D eigenvalue weighted by atomic mass is 16.5. The summed E-state index contributed by atoms with van der Waals surface area (Å²) in [4.78, 5) is 9.46. The molecule has 0 saturated heterocycles. The third-order valence-corrected chi connectivity index (χ3v) is 3.56. The molecule has 1 aliphatic heterocycles. The fraction of sp³-hybridized carbons (Fsp3) is 0.714. The van der Waals surface area contributed by atoms with Crippen LogP contribution in [0.1, 0.15) is 56.4 Å². The molecule has 0 atom stereocenters. The molecule has 0 amide bonds. The van der Waals surface area contributed by atoms with Crippen molar-refractivity contribution in [2.45, 2.75) is 52.2 Å². The molecule has 0 unspecified atom stereocenters. The molecular formula is C14H23N3O. The van der Waals surface area contributed by atoms with E-state index in [-0.39, 0.29) is 0 Å². The highest BCUT2D eigenvalue weighted by Gasteiger charge is 2.27. The summed E-state index contributed by atoms with van der Waals surface area (Å²) in [5.74, 6) is 1.21. The quantitative estimate of drug-likeness (QED) is 0.891. The van der Waals surface area contributed by atoms with E-state index >= 15 is 0 Å². The number of rotatable bonds is 3. The number of ether oxygens (including phenoxy) is 1. The maximum atomic E-state index is 5.50. The summed E-state index contributed by atoms with van der Waals surface area (Å²) >= 11 is 0. The van der Waals surface area contributed by atoms with Crippen molar-refractivity contribution in [3.05, 3.63) is 22.8 Å². The normalized spacial score (nSPS) is 15.9. The van der Waals surface area contributed by atoms with Crippen molar-refractivity contribution in [1.29, 1.82) is 0 Å². The highest BCUT2D eigenvalue weighted by Crippen LogP contribution is 2.27. The van der Waals surface area contributed by atoms with Gasteiger partial charge in [-0.05, 0) is 38.3 Å². The molecule has 0 spiro atoms. The molecule has 1 aromatic rings. The Bertz CT molecular complexity index is 441. The van der Waals surface area contributed by atoms with Gasteiger partial charge in [-0.2, -0.15) is 0 Å². The Kier molecular flexibility index (Phi) is 3.69. The van der Waals surface area contributed by atoms with Crippen LogP contribution in [0.5, 0.6) is 0 Å². The van der Waals surface area contributed by atoms with Crippen molar-refractivity contribution in [3.8, 4) is 0 Å². The van der Waals surface area contributed by atoms with Crippen LogP contribution in [0.25, 0.3) is 0 Å². The minimum absolute atomic E-state index is 0.422. The fourth-order valence-corrected chi connectivity index (χ4v) is 2.23. The van der Waals surface area contributed by atoms with E-state index in [4.69, 9.17) is 14.7 Å². The summed E-state index contributed by atoms with van der Waals surface area (Å²) in [5.41, 5.74) is 3.22. The number of hydrogen-bond acceptors (Lipinski definition) is 4. The number of hydrogen-bond donors (Lipinski definition) is 1. The molecule has 2 heterocycles. The van der Waals surface area contributed by atoms with Crippen molar-refractivity contribution >= 4 is 0 Å². The van der Waals surface area contributed by atoms with E-state index in [1.807, 2.05) is 13.8 Å². The van der Waals surface area contributed by atoms with Gasteiger partial charge in [-0.3, -0.25) is 0 Å². The third-order valence-electron chi connectivity index (χ3n) is 3.56. The van der Waals surface area contributed by atoms with E-state index in [1.54, 1.807) is 7.11 Å². The molecule has 1 aromatic heterocycles. The molecule has 18 heavy (non-hydrogen) atoms. The minimum Gasteiger partial charge on any atom is -0.371 e. The second kappa shape index (κ2) is 4.94. The zero-order chi connectivity index (χ0) is 13.3. The Morgan fingerprint density at radius 2 is 2.00 bits per heavy atom. The Balaban J connectivity index is 2.55. The summed E-state index contributed by atoms with van der Waals surface area (Å²) in [6, 6.07) is 0. The largest absolute Gasteiger partial charge is 0.371 e. The minimum atomic E-state index is -0.434. The van der Waals surface area contributed by atoms with Gasteiger partial charge in [-0.15, -0.1) is 0 Å². The molecule has 4 nitrogen and oxygen atoms in total. The second-order valence-corrected chi connectivity index (χ2v) is 5.65. The molecule has 4 heteroatoms. The number of methoxy groups -OCH3 is 1.